The van der Waals surface area contributed by atoms with Crippen molar-refractivity contribution in [2.45, 2.75) is 179 Å². The lowest BCUT2D eigenvalue weighted by atomic mass is 9.42. The highest BCUT2D eigenvalue weighted by Gasteiger charge is 2.67. The van der Waals surface area contributed by atoms with Gasteiger partial charge < -0.3 is 14.2 Å². The number of rotatable bonds is 10. The van der Waals surface area contributed by atoms with Crippen molar-refractivity contribution in [1.82, 2.24) is 0 Å². The van der Waals surface area contributed by atoms with Gasteiger partial charge in [0.2, 0.25) is 0 Å². The molecule has 4 heteroatoms. The molecule has 0 amide bonds. The number of ether oxygens (including phenoxy) is 3. The van der Waals surface area contributed by atoms with Crippen LogP contribution in [0.15, 0.2) is 24.0 Å². The summed E-state index contributed by atoms with van der Waals surface area (Å²) in [6.07, 6.45) is 12.0. The molecule has 0 aromatic heterocycles. The topological polar surface area (TPSA) is 44.8 Å². The van der Waals surface area contributed by atoms with Crippen molar-refractivity contribution in [3.8, 4) is 0 Å². The van der Waals surface area contributed by atoms with Crippen LogP contribution in [0, 0.1) is 69.0 Å². The second-order valence-electron chi connectivity index (χ2n) is 20.0. The predicted octanol–water partition coefficient (Wildman–Crippen LogP) is 11.6. The zero-order valence-corrected chi connectivity index (χ0v) is 33.6. The van der Waals surface area contributed by atoms with Crippen LogP contribution in [0.1, 0.15) is 155 Å². The minimum Gasteiger partial charge on any atom is -0.493 e. The number of carbonyl (C=O) groups is 1. The van der Waals surface area contributed by atoms with E-state index in [1.54, 1.807) is 0 Å². The van der Waals surface area contributed by atoms with Crippen molar-refractivity contribution in [2.75, 3.05) is 0 Å². The van der Waals surface area contributed by atoms with Gasteiger partial charge in [-0.05, 0) is 142 Å². The van der Waals surface area contributed by atoms with Crippen molar-refractivity contribution in [3.05, 3.63) is 24.0 Å². The largest absolute Gasteiger partial charge is 0.493 e. The van der Waals surface area contributed by atoms with E-state index < -0.39 is 0 Å². The van der Waals surface area contributed by atoms with Crippen LogP contribution in [0.3, 0.4) is 0 Å². The Morgan fingerprint density at radius 3 is 2.27 bits per heavy atom. The monoisotopic (exact) mass is 667 g/mol. The summed E-state index contributed by atoms with van der Waals surface area (Å²) < 4.78 is 20.4. The standard InChI is InChI=1S/C44H74O4/c1-16-36-30(7)29(6)31(8)39(46-36)47-38(19-20-40(9,10)48-26(2)3)41(11,12)37-18-22-43(14)33-24-35(45)34-23-27(4)28(5)25-42(34,13)32(33)17-21-44(37,43)15/h24,27-32,34,36-39H,2,16-23,25H2,1,3-15H3/t27-,28+,29?,30?,31?,32?,34+,36?,37-,38-,39?,42-,43+,44-/m1/s1. The molecule has 1 saturated heterocycles. The van der Waals surface area contributed by atoms with Gasteiger partial charge in [0.05, 0.1) is 18.0 Å². The van der Waals surface area contributed by atoms with Gasteiger partial charge in [-0.25, -0.2) is 0 Å². The van der Waals surface area contributed by atoms with Crippen LogP contribution < -0.4 is 0 Å². The smallest absolute Gasteiger partial charge is 0.161 e. The van der Waals surface area contributed by atoms with Crippen molar-refractivity contribution in [3.63, 3.8) is 0 Å². The Morgan fingerprint density at radius 1 is 0.979 bits per heavy atom. The number of ketones is 1. The molecule has 0 aromatic carbocycles. The van der Waals surface area contributed by atoms with Crippen LogP contribution in [0.5, 0.6) is 0 Å². The molecule has 0 aromatic rings. The fraction of sp³-hybridized carbons (Fsp3) is 0.886. The molecule has 274 valence electrons. The van der Waals surface area contributed by atoms with E-state index in [0.29, 0.717) is 47.2 Å². The molecular formula is C44H74O4. The van der Waals surface area contributed by atoms with E-state index in [0.717, 1.165) is 37.9 Å². The lowest BCUT2D eigenvalue weighted by molar-refractivity contribution is -0.283. The molecule has 1 aliphatic heterocycles. The Kier molecular flexibility index (Phi) is 10.4. The maximum absolute atomic E-state index is 14.0. The summed E-state index contributed by atoms with van der Waals surface area (Å²) in [6.45, 7) is 37.1. The fourth-order valence-electron chi connectivity index (χ4n) is 12.6. The Balaban J connectivity index is 1.48. The third-order valence-corrected chi connectivity index (χ3v) is 16.4. The summed E-state index contributed by atoms with van der Waals surface area (Å²) in [6, 6.07) is 0. The van der Waals surface area contributed by atoms with E-state index in [2.05, 4.69) is 103 Å². The zero-order valence-electron chi connectivity index (χ0n) is 33.6. The van der Waals surface area contributed by atoms with Gasteiger partial charge in [-0.1, -0.05) is 88.3 Å². The molecule has 1 heterocycles. The molecule has 14 atom stereocenters. The first-order valence-electron chi connectivity index (χ1n) is 20.0. The zero-order chi connectivity index (χ0) is 35.8. The van der Waals surface area contributed by atoms with Gasteiger partial charge in [-0.15, -0.1) is 0 Å². The molecule has 5 rings (SSSR count). The lowest BCUT2D eigenvalue weighted by Crippen LogP contribution is -2.57. The minimum atomic E-state index is -0.323. The minimum absolute atomic E-state index is 0.0162. The molecular weight excluding hydrogens is 592 g/mol. The summed E-state index contributed by atoms with van der Waals surface area (Å²) in [7, 11) is 0. The number of fused-ring (bicyclic) bond motifs is 5. The van der Waals surface area contributed by atoms with Crippen LogP contribution in [0.2, 0.25) is 0 Å². The van der Waals surface area contributed by atoms with E-state index in [1.165, 1.54) is 31.3 Å². The maximum Gasteiger partial charge on any atom is 0.161 e. The number of carbonyl (C=O) groups excluding carboxylic acids is 1. The SMILES string of the molecule is C=C(C)OC(C)(C)CC[C@@H](OC1OC(CC)C(C)C(C)C1C)C(C)(C)[C@H]1CC[C@@]2(C)C3=CC(=O)[C@@H]4C[C@@H](C)[C@@H](C)C[C@]4(C)C3CC[C@]12C. The number of allylic oxidation sites excluding steroid dienone is 3. The first kappa shape index (κ1) is 38.1. The third kappa shape index (κ3) is 6.22. The molecule has 48 heavy (non-hydrogen) atoms. The van der Waals surface area contributed by atoms with Gasteiger partial charge in [0, 0.05) is 11.8 Å². The van der Waals surface area contributed by atoms with Crippen molar-refractivity contribution in [1.29, 1.82) is 0 Å². The van der Waals surface area contributed by atoms with Crippen LogP contribution in [-0.4, -0.2) is 29.9 Å². The number of hydrogen-bond donors (Lipinski definition) is 0. The predicted molar refractivity (Wildman–Crippen MR) is 198 cm³/mol. The molecule has 0 bridgehead atoms. The summed E-state index contributed by atoms with van der Waals surface area (Å²) >= 11 is 0. The molecule has 6 unspecified atom stereocenters. The molecule has 5 aliphatic rings. The van der Waals surface area contributed by atoms with Crippen LogP contribution in [-0.2, 0) is 19.0 Å². The first-order valence-corrected chi connectivity index (χ1v) is 20.0. The summed E-state index contributed by atoms with van der Waals surface area (Å²) in [5.41, 5.74) is 1.28. The first-order chi connectivity index (χ1) is 22.1. The highest BCUT2D eigenvalue weighted by atomic mass is 16.7. The average molecular weight is 667 g/mol. The normalized spacial score (nSPS) is 45.5. The van der Waals surface area contributed by atoms with Crippen molar-refractivity contribution >= 4 is 5.78 Å². The molecule has 0 radical (unpaired) electrons. The summed E-state index contributed by atoms with van der Waals surface area (Å²) in [4.78, 5) is 14.0. The quantitative estimate of drug-likeness (QED) is 0.218. The van der Waals surface area contributed by atoms with E-state index in [1.807, 2.05) is 6.92 Å². The van der Waals surface area contributed by atoms with Gasteiger partial charge in [0.15, 0.2) is 12.1 Å². The second kappa shape index (κ2) is 13.1. The van der Waals surface area contributed by atoms with Crippen molar-refractivity contribution < 1.29 is 19.0 Å². The van der Waals surface area contributed by atoms with Crippen LogP contribution in [0.4, 0.5) is 0 Å². The highest BCUT2D eigenvalue weighted by molar-refractivity contribution is 5.94. The summed E-state index contributed by atoms with van der Waals surface area (Å²) in [5, 5.41) is 0. The van der Waals surface area contributed by atoms with Crippen molar-refractivity contribution in [2.24, 2.45) is 69.0 Å². The van der Waals surface area contributed by atoms with Gasteiger partial charge in [-0.3, -0.25) is 4.79 Å². The molecule has 0 spiro atoms. The third-order valence-electron chi connectivity index (χ3n) is 16.4. The van der Waals surface area contributed by atoms with E-state index in [9.17, 15) is 4.79 Å². The molecule has 4 nitrogen and oxygen atoms in total. The highest BCUT2D eigenvalue weighted by Crippen LogP contribution is 2.73. The molecule has 4 fully saturated rings. The molecule has 0 N–H and O–H groups in total. The van der Waals surface area contributed by atoms with E-state index in [4.69, 9.17) is 14.2 Å². The molecule has 4 aliphatic carbocycles. The fourth-order valence-corrected chi connectivity index (χ4v) is 12.6. The van der Waals surface area contributed by atoms with Gasteiger partial charge in [0.25, 0.3) is 0 Å². The van der Waals surface area contributed by atoms with E-state index in [-0.39, 0.29) is 51.7 Å². The Labute approximate surface area is 296 Å². The average Bonchev–Trinajstić information content (AvgIpc) is 3.27. The van der Waals surface area contributed by atoms with Gasteiger partial charge >= 0.3 is 0 Å². The van der Waals surface area contributed by atoms with Crippen LogP contribution in [0.25, 0.3) is 0 Å². The summed E-state index contributed by atoms with van der Waals surface area (Å²) in [5.74, 6) is 5.05. The Bertz CT molecular complexity index is 1240. The Hall–Kier alpha value is -1.13. The molecule has 3 saturated carbocycles. The second-order valence-corrected chi connectivity index (χ2v) is 20.0. The van der Waals surface area contributed by atoms with Gasteiger partial charge in [0.1, 0.15) is 5.60 Å². The van der Waals surface area contributed by atoms with Gasteiger partial charge in [-0.2, -0.15) is 0 Å². The maximum atomic E-state index is 14.0. The lowest BCUT2D eigenvalue weighted by Gasteiger charge is -2.62. The van der Waals surface area contributed by atoms with Crippen LogP contribution >= 0.6 is 0 Å². The Morgan fingerprint density at radius 2 is 1.65 bits per heavy atom. The van der Waals surface area contributed by atoms with E-state index >= 15 is 0 Å². The number of hydrogen-bond acceptors (Lipinski definition) is 4.